The molecule has 2 aliphatic rings. The summed E-state index contributed by atoms with van der Waals surface area (Å²) in [5.74, 6) is 1.30. The van der Waals surface area contributed by atoms with Crippen molar-refractivity contribution < 1.29 is 22.7 Å². The molecule has 8 heteroatoms. The molecule has 1 aromatic rings. The van der Waals surface area contributed by atoms with Crippen LogP contribution in [0.3, 0.4) is 0 Å². The molecular formula is C14H18N2O5S. The third kappa shape index (κ3) is 3.62. The molecule has 1 fully saturated rings. The van der Waals surface area contributed by atoms with Crippen molar-refractivity contribution in [3.8, 4) is 11.5 Å². The molecular weight excluding hydrogens is 308 g/mol. The van der Waals surface area contributed by atoms with Gasteiger partial charge in [-0.05, 0) is 18.6 Å². The summed E-state index contributed by atoms with van der Waals surface area (Å²) in [6.45, 7) is 1.12. The predicted octanol–water partition coefficient (Wildman–Crippen LogP) is 0.173. The Balaban J connectivity index is 1.51. The van der Waals surface area contributed by atoms with E-state index in [4.69, 9.17) is 9.47 Å². The number of fused-ring (bicyclic) bond motifs is 1. The topological polar surface area (TPSA) is 93.7 Å². The minimum Gasteiger partial charge on any atom is -0.486 e. The molecule has 2 aliphatic heterocycles. The number of rotatable bonds is 4. The highest BCUT2D eigenvalue weighted by Crippen LogP contribution is 2.32. The second-order valence-electron chi connectivity index (χ2n) is 5.38. The lowest BCUT2D eigenvalue weighted by atomic mass is 10.2. The lowest BCUT2D eigenvalue weighted by Crippen LogP contribution is -2.39. The molecule has 1 aromatic carbocycles. The van der Waals surface area contributed by atoms with Gasteiger partial charge in [-0.1, -0.05) is 0 Å². The molecule has 0 spiro atoms. The molecule has 1 unspecified atom stereocenters. The average molecular weight is 326 g/mol. The molecule has 1 atom stereocenters. The highest BCUT2D eigenvalue weighted by molar-refractivity contribution is 7.91. The number of benzene rings is 1. The number of hydrogen-bond donors (Lipinski definition) is 2. The summed E-state index contributed by atoms with van der Waals surface area (Å²) in [5, 5.41) is 5.72. The van der Waals surface area contributed by atoms with E-state index in [9.17, 15) is 13.2 Å². The van der Waals surface area contributed by atoms with Crippen LogP contribution in [0.2, 0.25) is 0 Å². The lowest BCUT2D eigenvalue weighted by Gasteiger charge is -2.19. The monoisotopic (exact) mass is 326 g/mol. The number of carbonyl (C=O) groups excluding carboxylic acids is 1. The SMILES string of the molecule is O=C(CNc1ccc2c(c1)OCCO2)NC1CCS(=O)(=O)C1. The van der Waals surface area contributed by atoms with E-state index in [0.717, 1.165) is 5.69 Å². The minimum absolute atomic E-state index is 0.0305. The maximum absolute atomic E-state index is 11.8. The molecule has 7 nitrogen and oxygen atoms in total. The van der Waals surface area contributed by atoms with Crippen molar-refractivity contribution in [3.63, 3.8) is 0 Å². The highest BCUT2D eigenvalue weighted by Gasteiger charge is 2.28. The second kappa shape index (κ2) is 6.04. The van der Waals surface area contributed by atoms with E-state index >= 15 is 0 Å². The molecule has 120 valence electrons. The van der Waals surface area contributed by atoms with E-state index in [1.165, 1.54) is 0 Å². The Morgan fingerprint density at radius 2 is 2.00 bits per heavy atom. The first-order valence-electron chi connectivity index (χ1n) is 7.15. The van der Waals surface area contributed by atoms with Gasteiger partial charge in [0.15, 0.2) is 21.3 Å². The molecule has 0 radical (unpaired) electrons. The van der Waals surface area contributed by atoms with Crippen molar-refractivity contribution in [2.24, 2.45) is 0 Å². The zero-order valence-corrected chi connectivity index (χ0v) is 12.8. The quantitative estimate of drug-likeness (QED) is 0.819. The first kappa shape index (κ1) is 15.0. The molecule has 0 aliphatic carbocycles. The zero-order chi connectivity index (χ0) is 15.6. The fourth-order valence-electron chi connectivity index (χ4n) is 2.52. The summed E-state index contributed by atoms with van der Waals surface area (Å²) in [5.41, 5.74) is 0.749. The normalized spacial score (nSPS) is 22.1. The van der Waals surface area contributed by atoms with Crippen molar-refractivity contribution >= 4 is 21.4 Å². The highest BCUT2D eigenvalue weighted by atomic mass is 32.2. The molecule has 1 saturated heterocycles. The molecule has 2 heterocycles. The van der Waals surface area contributed by atoms with Crippen molar-refractivity contribution in [1.82, 2.24) is 5.32 Å². The van der Waals surface area contributed by atoms with Crippen LogP contribution in [0.4, 0.5) is 5.69 Å². The largest absolute Gasteiger partial charge is 0.486 e. The predicted molar refractivity (Wildman–Crippen MR) is 81.1 cm³/mol. The third-order valence-electron chi connectivity index (χ3n) is 3.59. The number of nitrogens with one attached hydrogen (secondary N) is 2. The van der Waals surface area contributed by atoms with E-state index < -0.39 is 9.84 Å². The zero-order valence-electron chi connectivity index (χ0n) is 12.0. The van der Waals surface area contributed by atoms with Crippen molar-refractivity contribution in [3.05, 3.63) is 18.2 Å². The van der Waals surface area contributed by atoms with Gasteiger partial charge in [-0.3, -0.25) is 4.79 Å². The second-order valence-corrected chi connectivity index (χ2v) is 7.61. The number of sulfone groups is 1. The van der Waals surface area contributed by atoms with Crippen molar-refractivity contribution in [2.45, 2.75) is 12.5 Å². The van der Waals surface area contributed by atoms with E-state index in [-0.39, 0.29) is 30.0 Å². The number of anilines is 1. The van der Waals surface area contributed by atoms with Gasteiger partial charge in [-0.2, -0.15) is 0 Å². The summed E-state index contributed by atoms with van der Waals surface area (Å²) in [6.07, 6.45) is 0.484. The van der Waals surface area contributed by atoms with Crippen LogP contribution in [0.1, 0.15) is 6.42 Å². The maximum atomic E-state index is 11.8. The summed E-state index contributed by atoms with van der Waals surface area (Å²) in [4.78, 5) is 11.8. The number of amides is 1. The van der Waals surface area contributed by atoms with Crippen LogP contribution in [-0.2, 0) is 14.6 Å². The fraction of sp³-hybridized carbons (Fsp3) is 0.500. The van der Waals surface area contributed by atoms with Gasteiger partial charge in [0.25, 0.3) is 0 Å². The van der Waals surface area contributed by atoms with Crippen LogP contribution in [0.15, 0.2) is 18.2 Å². The molecule has 2 N–H and O–H groups in total. The van der Waals surface area contributed by atoms with Crippen LogP contribution in [0.5, 0.6) is 11.5 Å². The van der Waals surface area contributed by atoms with E-state index in [2.05, 4.69) is 10.6 Å². The Morgan fingerprint density at radius 3 is 2.73 bits per heavy atom. The molecule has 0 aromatic heterocycles. The maximum Gasteiger partial charge on any atom is 0.239 e. The van der Waals surface area contributed by atoms with Gasteiger partial charge in [0.1, 0.15) is 13.2 Å². The Labute approximate surface area is 128 Å². The van der Waals surface area contributed by atoms with Crippen LogP contribution < -0.4 is 20.1 Å². The number of ether oxygens (including phenoxy) is 2. The Kier molecular flexibility index (Phi) is 4.10. The lowest BCUT2D eigenvalue weighted by molar-refractivity contribution is -0.119. The summed E-state index contributed by atoms with van der Waals surface area (Å²) >= 11 is 0. The number of hydrogen-bond acceptors (Lipinski definition) is 6. The standard InChI is InChI=1S/C14H18N2O5S/c17-14(16-11-3-6-22(18,19)9-11)8-15-10-1-2-12-13(7-10)21-5-4-20-12/h1-2,7,11,15H,3-6,8-9H2,(H,16,17). The van der Waals surface area contributed by atoms with Gasteiger partial charge in [0.2, 0.25) is 5.91 Å². The molecule has 1 amide bonds. The van der Waals surface area contributed by atoms with Gasteiger partial charge < -0.3 is 20.1 Å². The first-order chi connectivity index (χ1) is 10.5. The van der Waals surface area contributed by atoms with Gasteiger partial charge >= 0.3 is 0 Å². The van der Waals surface area contributed by atoms with Crippen molar-refractivity contribution in [2.75, 3.05) is 36.6 Å². The van der Waals surface area contributed by atoms with Gasteiger partial charge in [-0.25, -0.2) is 8.42 Å². The molecule has 3 rings (SSSR count). The Morgan fingerprint density at radius 1 is 1.23 bits per heavy atom. The van der Waals surface area contributed by atoms with Gasteiger partial charge in [0, 0.05) is 17.8 Å². The van der Waals surface area contributed by atoms with Gasteiger partial charge in [0.05, 0.1) is 18.1 Å². The van der Waals surface area contributed by atoms with E-state index in [0.29, 0.717) is 31.1 Å². The smallest absolute Gasteiger partial charge is 0.239 e. The Bertz CT molecular complexity index is 674. The van der Waals surface area contributed by atoms with Crippen molar-refractivity contribution in [1.29, 1.82) is 0 Å². The van der Waals surface area contributed by atoms with E-state index in [1.807, 2.05) is 0 Å². The fourth-order valence-corrected chi connectivity index (χ4v) is 4.20. The van der Waals surface area contributed by atoms with Gasteiger partial charge in [-0.15, -0.1) is 0 Å². The minimum atomic E-state index is -2.98. The van der Waals surface area contributed by atoms with Crippen LogP contribution in [-0.4, -0.2) is 51.6 Å². The summed E-state index contributed by atoms with van der Waals surface area (Å²) in [6, 6.07) is 5.10. The van der Waals surface area contributed by atoms with E-state index in [1.54, 1.807) is 18.2 Å². The van der Waals surface area contributed by atoms with Crippen LogP contribution in [0.25, 0.3) is 0 Å². The Hall–Kier alpha value is -1.96. The van der Waals surface area contributed by atoms with Crippen LogP contribution >= 0.6 is 0 Å². The molecule has 22 heavy (non-hydrogen) atoms. The molecule has 0 bridgehead atoms. The third-order valence-corrected chi connectivity index (χ3v) is 5.36. The number of carbonyl (C=O) groups is 1. The molecule has 0 saturated carbocycles. The summed E-state index contributed by atoms with van der Waals surface area (Å²) in [7, 11) is -2.98. The average Bonchev–Trinajstić information content (AvgIpc) is 2.84. The summed E-state index contributed by atoms with van der Waals surface area (Å²) < 4.78 is 33.6. The van der Waals surface area contributed by atoms with Crippen LogP contribution in [0, 0.1) is 0 Å². The first-order valence-corrected chi connectivity index (χ1v) is 8.97.